The van der Waals surface area contributed by atoms with Crippen molar-refractivity contribution in [2.24, 2.45) is 0 Å². The monoisotopic (exact) mass is 939 g/mol. The molecule has 6 heteroatoms. The van der Waals surface area contributed by atoms with Gasteiger partial charge in [0.2, 0.25) is 0 Å². The first-order valence-electron chi connectivity index (χ1n) is 27.3. The highest BCUT2D eigenvalue weighted by atomic mass is 16.6. The maximum Gasteiger partial charge on any atom is 0.306 e. The average Bonchev–Trinajstić information content (AvgIpc) is 3.34. The third-order valence-electron chi connectivity index (χ3n) is 11.0. The van der Waals surface area contributed by atoms with Gasteiger partial charge in [0, 0.05) is 19.3 Å². The van der Waals surface area contributed by atoms with Gasteiger partial charge in [-0.3, -0.25) is 14.4 Å². The molecule has 0 fully saturated rings. The fraction of sp³-hybridized carbons (Fsp3) is 0.597. The van der Waals surface area contributed by atoms with Gasteiger partial charge in [-0.25, -0.2) is 0 Å². The predicted molar refractivity (Wildman–Crippen MR) is 292 cm³/mol. The summed E-state index contributed by atoms with van der Waals surface area (Å²) in [5.74, 6) is -1.03. The zero-order chi connectivity index (χ0) is 49.3. The number of carbonyl (C=O) groups is 3. The summed E-state index contributed by atoms with van der Waals surface area (Å²) in [5.41, 5.74) is 0. The van der Waals surface area contributed by atoms with E-state index in [0.717, 1.165) is 116 Å². The maximum absolute atomic E-state index is 12.8. The Hall–Kier alpha value is -4.45. The minimum Gasteiger partial charge on any atom is -0.462 e. The van der Waals surface area contributed by atoms with E-state index in [1.54, 1.807) is 0 Å². The lowest BCUT2D eigenvalue weighted by Gasteiger charge is -2.18. The standard InChI is InChI=1S/C62H98O6/c1-4-7-10-13-16-19-22-25-27-29-31-33-34-37-40-43-46-49-52-55-61(64)67-58-59(57-66-60(63)54-51-48-45-42-39-36-24-21-18-15-12-9-6-3)68-62(65)56-53-50-47-44-41-38-35-32-30-28-26-23-20-17-14-11-8-5-2/h7,10-11,14,16-17,19-20,23,25-28,30-33,35-36,39,45,48,59H,4-6,8-9,12-13,15,18,21-22,24,29,34,37-38,40-44,46-47,49-58H2,1-3H3/b10-7+,14-11+,19-16+,20-17+,26-23+,27-25+,30-28+,33-31+,35-32+,39-36+,48-45+. The summed E-state index contributed by atoms with van der Waals surface area (Å²) in [4.78, 5) is 38.1. The SMILES string of the molecule is CC/C=C/C/C=C/C/C=C/C/C=C/CCCCCCCCC(=O)OCC(COC(=O)CC/C=C/C/C=C/CCCCCCCC)OC(=O)CCCCCCC/C=C/C=C/C=C/C=C/C=C/CCC. The Kier molecular flexibility index (Phi) is 51.5. The molecule has 0 heterocycles. The highest BCUT2D eigenvalue weighted by Crippen LogP contribution is 2.13. The minimum absolute atomic E-state index is 0.118. The quantitative estimate of drug-likeness (QED) is 0.0199. The molecule has 1 atom stereocenters. The molecule has 0 radical (unpaired) electrons. The summed E-state index contributed by atoms with van der Waals surface area (Å²) in [6, 6.07) is 0. The van der Waals surface area contributed by atoms with Gasteiger partial charge >= 0.3 is 17.9 Å². The van der Waals surface area contributed by atoms with E-state index < -0.39 is 6.10 Å². The molecule has 0 saturated carbocycles. The van der Waals surface area contributed by atoms with E-state index in [0.29, 0.717) is 12.8 Å². The van der Waals surface area contributed by atoms with Crippen LogP contribution in [0.1, 0.15) is 220 Å². The highest BCUT2D eigenvalue weighted by Gasteiger charge is 2.19. The van der Waals surface area contributed by atoms with Gasteiger partial charge in [0.1, 0.15) is 13.2 Å². The van der Waals surface area contributed by atoms with Gasteiger partial charge in [0.05, 0.1) is 0 Å². The summed E-state index contributed by atoms with van der Waals surface area (Å²) in [6.07, 6.45) is 77.2. The fourth-order valence-corrected chi connectivity index (χ4v) is 6.93. The molecule has 0 N–H and O–H groups in total. The van der Waals surface area contributed by atoms with E-state index in [2.05, 4.69) is 112 Å². The van der Waals surface area contributed by atoms with Gasteiger partial charge in [0.25, 0.3) is 0 Å². The second-order valence-corrected chi connectivity index (χ2v) is 17.5. The molecule has 0 aliphatic rings. The van der Waals surface area contributed by atoms with Gasteiger partial charge in [0.15, 0.2) is 6.10 Å². The first kappa shape index (κ1) is 63.5. The molecule has 0 aromatic rings. The molecule has 0 saturated heterocycles. The van der Waals surface area contributed by atoms with E-state index in [-0.39, 0.29) is 44.0 Å². The molecule has 6 nitrogen and oxygen atoms in total. The molecule has 0 aliphatic carbocycles. The summed E-state index contributed by atoms with van der Waals surface area (Å²) in [7, 11) is 0. The zero-order valence-corrected chi connectivity index (χ0v) is 43.6. The molecule has 0 spiro atoms. The van der Waals surface area contributed by atoms with E-state index in [1.165, 1.54) is 57.8 Å². The van der Waals surface area contributed by atoms with Crippen molar-refractivity contribution in [1.29, 1.82) is 0 Å². The lowest BCUT2D eigenvalue weighted by molar-refractivity contribution is -0.166. The van der Waals surface area contributed by atoms with Crippen molar-refractivity contribution < 1.29 is 28.6 Å². The normalized spacial score (nSPS) is 13.2. The van der Waals surface area contributed by atoms with Crippen molar-refractivity contribution in [2.45, 2.75) is 226 Å². The number of hydrogen-bond acceptors (Lipinski definition) is 6. The highest BCUT2D eigenvalue weighted by molar-refractivity contribution is 5.71. The van der Waals surface area contributed by atoms with E-state index in [1.807, 2.05) is 42.5 Å². The smallest absolute Gasteiger partial charge is 0.306 e. The first-order chi connectivity index (χ1) is 33.5. The van der Waals surface area contributed by atoms with Crippen molar-refractivity contribution in [3.63, 3.8) is 0 Å². The first-order valence-corrected chi connectivity index (χ1v) is 27.3. The number of hydrogen-bond donors (Lipinski definition) is 0. The Labute approximate surface area is 417 Å². The Bertz CT molecular complexity index is 1500. The van der Waals surface area contributed by atoms with Crippen LogP contribution in [0.2, 0.25) is 0 Å². The fourth-order valence-electron chi connectivity index (χ4n) is 6.93. The Morgan fingerprint density at radius 2 is 0.691 bits per heavy atom. The van der Waals surface area contributed by atoms with Crippen LogP contribution in [-0.2, 0) is 28.6 Å². The van der Waals surface area contributed by atoms with Crippen LogP contribution in [0.4, 0.5) is 0 Å². The third kappa shape index (κ3) is 52.5. The van der Waals surface area contributed by atoms with Gasteiger partial charge < -0.3 is 14.2 Å². The van der Waals surface area contributed by atoms with E-state index in [9.17, 15) is 14.4 Å². The molecule has 0 aliphatic heterocycles. The Balaban J connectivity index is 4.54. The maximum atomic E-state index is 12.8. The predicted octanol–water partition coefficient (Wildman–Crippen LogP) is 18.3. The van der Waals surface area contributed by atoms with Crippen LogP contribution < -0.4 is 0 Å². The Morgan fingerprint density at radius 3 is 1.18 bits per heavy atom. The summed E-state index contributed by atoms with van der Waals surface area (Å²) >= 11 is 0. The van der Waals surface area contributed by atoms with Crippen LogP contribution >= 0.6 is 0 Å². The van der Waals surface area contributed by atoms with Crippen LogP contribution in [0.25, 0.3) is 0 Å². The number of rotatable bonds is 47. The van der Waals surface area contributed by atoms with Crippen LogP contribution in [0.15, 0.2) is 134 Å². The topological polar surface area (TPSA) is 78.9 Å². The van der Waals surface area contributed by atoms with Crippen molar-refractivity contribution in [3.05, 3.63) is 134 Å². The van der Waals surface area contributed by atoms with Gasteiger partial charge in [-0.15, -0.1) is 0 Å². The van der Waals surface area contributed by atoms with E-state index in [4.69, 9.17) is 14.2 Å². The number of carbonyl (C=O) groups excluding carboxylic acids is 3. The summed E-state index contributed by atoms with van der Waals surface area (Å²) in [5, 5.41) is 0. The van der Waals surface area contributed by atoms with Crippen molar-refractivity contribution in [2.75, 3.05) is 13.2 Å². The molecular weight excluding hydrogens is 841 g/mol. The van der Waals surface area contributed by atoms with Gasteiger partial charge in [-0.2, -0.15) is 0 Å². The van der Waals surface area contributed by atoms with Crippen molar-refractivity contribution in [3.8, 4) is 0 Å². The van der Waals surface area contributed by atoms with Crippen molar-refractivity contribution >= 4 is 17.9 Å². The average molecular weight is 939 g/mol. The van der Waals surface area contributed by atoms with Crippen LogP contribution in [-0.4, -0.2) is 37.2 Å². The van der Waals surface area contributed by atoms with E-state index >= 15 is 0 Å². The van der Waals surface area contributed by atoms with Gasteiger partial charge in [-0.1, -0.05) is 238 Å². The summed E-state index contributed by atoms with van der Waals surface area (Å²) in [6.45, 7) is 6.33. The van der Waals surface area contributed by atoms with Gasteiger partial charge in [-0.05, 0) is 96.3 Å². The van der Waals surface area contributed by atoms with Crippen LogP contribution in [0.3, 0.4) is 0 Å². The second-order valence-electron chi connectivity index (χ2n) is 17.5. The van der Waals surface area contributed by atoms with Crippen LogP contribution in [0.5, 0.6) is 0 Å². The third-order valence-corrected chi connectivity index (χ3v) is 11.0. The summed E-state index contributed by atoms with van der Waals surface area (Å²) < 4.78 is 16.7. The lowest BCUT2D eigenvalue weighted by Crippen LogP contribution is -2.30. The molecule has 68 heavy (non-hydrogen) atoms. The molecule has 0 rings (SSSR count). The number of unbranched alkanes of at least 4 members (excludes halogenated alkanes) is 18. The molecule has 382 valence electrons. The zero-order valence-electron chi connectivity index (χ0n) is 43.6. The molecule has 0 amide bonds. The number of esters is 3. The number of allylic oxidation sites excluding steroid dienone is 22. The molecular formula is C62H98O6. The number of ether oxygens (including phenoxy) is 3. The van der Waals surface area contributed by atoms with Crippen LogP contribution in [0, 0.1) is 0 Å². The molecule has 0 aromatic carbocycles. The van der Waals surface area contributed by atoms with Crippen molar-refractivity contribution in [1.82, 2.24) is 0 Å². The second kappa shape index (κ2) is 55.1. The molecule has 0 bridgehead atoms. The molecule has 1 unspecified atom stereocenters. The Morgan fingerprint density at radius 1 is 0.324 bits per heavy atom. The molecule has 0 aromatic heterocycles. The lowest BCUT2D eigenvalue weighted by atomic mass is 10.1. The largest absolute Gasteiger partial charge is 0.462 e. The minimum atomic E-state index is -0.826.